The van der Waals surface area contributed by atoms with E-state index in [0.717, 1.165) is 10.7 Å². The molecule has 0 aliphatic heterocycles. The molecule has 2 rings (SSSR count). The summed E-state index contributed by atoms with van der Waals surface area (Å²) in [6, 6.07) is 10.4. The van der Waals surface area contributed by atoms with Gasteiger partial charge in [-0.1, -0.05) is 23.7 Å². The lowest BCUT2D eigenvalue weighted by Crippen LogP contribution is -2.06. The van der Waals surface area contributed by atoms with E-state index in [1.54, 1.807) is 0 Å². The van der Waals surface area contributed by atoms with Gasteiger partial charge in [0.1, 0.15) is 0 Å². The second kappa shape index (κ2) is 5.11. The Bertz CT molecular complexity index is 519. The zero-order chi connectivity index (χ0) is 12.4. The zero-order valence-corrected chi connectivity index (χ0v) is 11.8. The van der Waals surface area contributed by atoms with Crippen LogP contribution in [0.25, 0.3) is 0 Å². The minimum Gasteiger partial charge on any atom is -0.377 e. The van der Waals surface area contributed by atoms with Gasteiger partial charge in [-0.05, 0) is 44.5 Å². The first-order valence-corrected chi connectivity index (χ1v) is 6.85. The van der Waals surface area contributed by atoms with Crippen LogP contribution in [0.1, 0.15) is 28.3 Å². The SMILES string of the molecule is Cc1cc(C(C)Nc2ccccc2Cl)c(C)s1. The van der Waals surface area contributed by atoms with E-state index in [1.165, 1.54) is 15.3 Å². The van der Waals surface area contributed by atoms with E-state index in [9.17, 15) is 0 Å². The Hall–Kier alpha value is -0.990. The Morgan fingerprint density at radius 3 is 2.53 bits per heavy atom. The molecule has 0 radical (unpaired) electrons. The number of benzene rings is 1. The van der Waals surface area contributed by atoms with Gasteiger partial charge in [-0.15, -0.1) is 11.3 Å². The standard InChI is InChI=1S/C14H16ClNS/c1-9-8-12(11(3)17-9)10(2)16-14-7-5-4-6-13(14)15/h4-8,10,16H,1-3H3. The van der Waals surface area contributed by atoms with Gasteiger partial charge in [-0.2, -0.15) is 0 Å². The summed E-state index contributed by atoms with van der Waals surface area (Å²) in [5, 5.41) is 4.22. The fraction of sp³-hybridized carbons (Fsp3) is 0.286. The maximum absolute atomic E-state index is 6.14. The Morgan fingerprint density at radius 1 is 1.24 bits per heavy atom. The summed E-state index contributed by atoms with van der Waals surface area (Å²) in [7, 11) is 0. The van der Waals surface area contributed by atoms with Crippen LogP contribution < -0.4 is 5.32 Å². The summed E-state index contributed by atoms with van der Waals surface area (Å²) in [5.41, 5.74) is 2.34. The summed E-state index contributed by atoms with van der Waals surface area (Å²) >= 11 is 7.98. The maximum atomic E-state index is 6.14. The van der Waals surface area contributed by atoms with Crippen molar-refractivity contribution in [3.05, 3.63) is 50.7 Å². The van der Waals surface area contributed by atoms with Gasteiger partial charge in [-0.3, -0.25) is 0 Å². The van der Waals surface area contributed by atoms with Crippen molar-refractivity contribution >= 4 is 28.6 Å². The molecular formula is C14H16ClNS. The first-order chi connectivity index (χ1) is 8.08. The minimum atomic E-state index is 0.278. The summed E-state index contributed by atoms with van der Waals surface area (Å²) in [6.45, 7) is 6.47. The molecule has 1 aromatic carbocycles. The van der Waals surface area contributed by atoms with Crippen LogP contribution in [0.3, 0.4) is 0 Å². The molecular weight excluding hydrogens is 250 g/mol. The third-order valence-electron chi connectivity index (χ3n) is 2.79. The van der Waals surface area contributed by atoms with E-state index in [2.05, 4.69) is 32.2 Å². The normalized spacial score (nSPS) is 12.5. The van der Waals surface area contributed by atoms with Crippen molar-refractivity contribution < 1.29 is 0 Å². The number of thiophene rings is 1. The van der Waals surface area contributed by atoms with Crippen molar-refractivity contribution in [3.63, 3.8) is 0 Å². The molecule has 0 saturated carbocycles. The number of nitrogens with one attached hydrogen (secondary N) is 1. The number of para-hydroxylation sites is 1. The lowest BCUT2D eigenvalue weighted by Gasteiger charge is -2.16. The van der Waals surface area contributed by atoms with Crippen LogP contribution in [0, 0.1) is 13.8 Å². The second-order valence-electron chi connectivity index (χ2n) is 4.21. The molecule has 1 N–H and O–H groups in total. The number of halogens is 1. The first kappa shape index (κ1) is 12.5. The molecule has 0 bridgehead atoms. The summed E-state index contributed by atoms with van der Waals surface area (Å²) in [6.07, 6.45) is 0. The lowest BCUT2D eigenvalue weighted by atomic mass is 10.1. The van der Waals surface area contributed by atoms with Crippen molar-refractivity contribution in [2.24, 2.45) is 0 Å². The molecule has 1 heterocycles. The predicted molar refractivity (Wildman–Crippen MR) is 77.3 cm³/mol. The van der Waals surface area contributed by atoms with Crippen molar-refractivity contribution in [1.29, 1.82) is 0 Å². The van der Waals surface area contributed by atoms with Crippen molar-refractivity contribution in [2.45, 2.75) is 26.8 Å². The lowest BCUT2D eigenvalue weighted by molar-refractivity contribution is 0.882. The van der Waals surface area contributed by atoms with Gasteiger partial charge in [0.2, 0.25) is 0 Å². The number of rotatable bonds is 3. The van der Waals surface area contributed by atoms with Gasteiger partial charge in [0.05, 0.1) is 10.7 Å². The molecule has 0 amide bonds. The highest BCUT2D eigenvalue weighted by atomic mass is 35.5. The third-order valence-corrected chi connectivity index (χ3v) is 4.10. The molecule has 0 aliphatic rings. The van der Waals surface area contributed by atoms with E-state index >= 15 is 0 Å². The molecule has 3 heteroatoms. The molecule has 0 spiro atoms. The summed E-state index contributed by atoms with van der Waals surface area (Å²) in [4.78, 5) is 2.72. The average Bonchev–Trinajstić information content (AvgIpc) is 2.61. The van der Waals surface area contributed by atoms with Crippen LogP contribution in [-0.2, 0) is 0 Å². The van der Waals surface area contributed by atoms with Gasteiger partial charge in [-0.25, -0.2) is 0 Å². The minimum absolute atomic E-state index is 0.278. The van der Waals surface area contributed by atoms with E-state index in [-0.39, 0.29) is 6.04 Å². The zero-order valence-electron chi connectivity index (χ0n) is 10.3. The number of anilines is 1. The molecule has 1 nitrogen and oxygen atoms in total. The van der Waals surface area contributed by atoms with Crippen molar-refractivity contribution in [2.75, 3.05) is 5.32 Å². The predicted octanol–water partition coefficient (Wildman–Crippen LogP) is 5.19. The van der Waals surface area contributed by atoms with Crippen LogP contribution in [0.2, 0.25) is 5.02 Å². The van der Waals surface area contributed by atoms with Gasteiger partial charge in [0.25, 0.3) is 0 Å². The fourth-order valence-electron chi connectivity index (χ4n) is 1.97. The molecule has 0 fully saturated rings. The van der Waals surface area contributed by atoms with Crippen LogP contribution in [0.4, 0.5) is 5.69 Å². The molecule has 1 aromatic heterocycles. The third kappa shape index (κ3) is 2.82. The van der Waals surface area contributed by atoms with Crippen LogP contribution in [0.15, 0.2) is 30.3 Å². The largest absolute Gasteiger partial charge is 0.377 e. The number of hydrogen-bond donors (Lipinski definition) is 1. The highest BCUT2D eigenvalue weighted by molar-refractivity contribution is 7.12. The Morgan fingerprint density at radius 2 is 1.94 bits per heavy atom. The van der Waals surface area contributed by atoms with Crippen molar-refractivity contribution in [3.8, 4) is 0 Å². The monoisotopic (exact) mass is 265 g/mol. The van der Waals surface area contributed by atoms with Gasteiger partial charge < -0.3 is 5.32 Å². The molecule has 0 saturated heterocycles. The number of hydrogen-bond acceptors (Lipinski definition) is 2. The highest BCUT2D eigenvalue weighted by Gasteiger charge is 2.11. The smallest absolute Gasteiger partial charge is 0.0637 e. The topological polar surface area (TPSA) is 12.0 Å². The Labute approximate surface area is 111 Å². The number of aryl methyl sites for hydroxylation is 2. The molecule has 0 aliphatic carbocycles. The van der Waals surface area contributed by atoms with E-state index < -0.39 is 0 Å². The first-order valence-electron chi connectivity index (χ1n) is 5.66. The van der Waals surface area contributed by atoms with Gasteiger partial charge in [0, 0.05) is 15.8 Å². The fourth-order valence-corrected chi connectivity index (χ4v) is 3.18. The average molecular weight is 266 g/mol. The molecule has 1 unspecified atom stereocenters. The van der Waals surface area contributed by atoms with E-state index in [4.69, 9.17) is 11.6 Å². The van der Waals surface area contributed by atoms with Crippen LogP contribution in [0.5, 0.6) is 0 Å². The Kier molecular flexibility index (Phi) is 3.75. The van der Waals surface area contributed by atoms with Gasteiger partial charge in [0.15, 0.2) is 0 Å². The van der Waals surface area contributed by atoms with Crippen molar-refractivity contribution in [1.82, 2.24) is 0 Å². The molecule has 17 heavy (non-hydrogen) atoms. The second-order valence-corrected chi connectivity index (χ2v) is 6.08. The van der Waals surface area contributed by atoms with Crippen LogP contribution in [-0.4, -0.2) is 0 Å². The summed E-state index contributed by atoms with van der Waals surface area (Å²) in [5.74, 6) is 0. The van der Waals surface area contributed by atoms with Crippen LogP contribution >= 0.6 is 22.9 Å². The molecule has 1 atom stereocenters. The Balaban J connectivity index is 2.20. The quantitative estimate of drug-likeness (QED) is 0.805. The van der Waals surface area contributed by atoms with Gasteiger partial charge >= 0.3 is 0 Å². The highest BCUT2D eigenvalue weighted by Crippen LogP contribution is 2.30. The van der Waals surface area contributed by atoms with E-state index in [0.29, 0.717) is 0 Å². The maximum Gasteiger partial charge on any atom is 0.0637 e. The van der Waals surface area contributed by atoms with E-state index in [1.807, 2.05) is 35.6 Å². The molecule has 90 valence electrons. The summed E-state index contributed by atoms with van der Waals surface area (Å²) < 4.78 is 0. The molecule has 2 aromatic rings.